The molecule has 24 heavy (non-hydrogen) atoms. The van der Waals surface area contributed by atoms with E-state index in [9.17, 15) is 18.0 Å². The molecule has 1 atom stereocenters. The summed E-state index contributed by atoms with van der Waals surface area (Å²) in [6.07, 6.45) is -0.880. The second-order valence-corrected chi connectivity index (χ2v) is 7.18. The first-order valence-corrected chi connectivity index (χ1v) is 8.20. The zero-order chi connectivity index (χ0) is 18.0. The highest BCUT2D eigenvalue weighted by Crippen LogP contribution is 2.23. The van der Waals surface area contributed by atoms with E-state index >= 15 is 0 Å². The van der Waals surface area contributed by atoms with Crippen LogP contribution in [0.4, 0.5) is 13.2 Å². The van der Waals surface area contributed by atoms with Crippen molar-refractivity contribution in [1.29, 1.82) is 0 Å². The van der Waals surface area contributed by atoms with Crippen molar-refractivity contribution in [1.82, 2.24) is 20.0 Å². The van der Waals surface area contributed by atoms with E-state index in [1.54, 1.807) is 0 Å². The molecule has 1 aromatic heterocycles. The van der Waals surface area contributed by atoms with Gasteiger partial charge in [0.1, 0.15) is 12.2 Å². The molecular formula is C16H25F3N4O. The first-order chi connectivity index (χ1) is 11.1. The number of alkyl halides is 3. The maximum atomic E-state index is 12.5. The summed E-state index contributed by atoms with van der Waals surface area (Å²) < 4.78 is 38.2. The first-order valence-electron chi connectivity index (χ1n) is 8.20. The van der Waals surface area contributed by atoms with Crippen molar-refractivity contribution in [2.45, 2.75) is 51.9 Å². The molecular weight excluding hydrogens is 321 g/mol. The Kier molecular flexibility index (Phi) is 5.57. The topological polar surface area (TPSA) is 50.2 Å². The molecule has 2 rings (SSSR count). The number of nitrogens with zero attached hydrogens (tertiary/aromatic N) is 3. The van der Waals surface area contributed by atoms with E-state index in [0.29, 0.717) is 17.1 Å². The third-order valence-electron chi connectivity index (χ3n) is 4.47. The molecule has 1 amide bonds. The van der Waals surface area contributed by atoms with Gasteiger partial charge in [-0.1, -0.05) is 6.92 Å². The van der Waals surface area contributed by atoms with Crippen molar-refractivity contribution in [3.05, 3.63) is 18.0 Å². The zero-order valence-electron chi connectivity index (χ0n) is 14.4. The number of likely N-dealkylation sites (tertiary alicyclic amines) is 1. The van der Waals surface area contributed by atoms with Gasteiger partial charge in [-0.2, -0.15) is 18.3 Å². The Morgan fingerprint density at radius 2 is 2.12 bits per heavy atom. The molecule has 8 heteroatoms. The predicted octanol–water partition coefficient (Wildman–Crippen LogP) is 2.69. The fourth-order valence-electron chi connectivity index (χ4n) is 3.06. The predicted molar refractivity (Wildman–Crippen MR) is 84.7 cm³/mol. The van der Waals surface area contributed by atoms with Gasteiger partial charge in [0.15, 0.2) is 0 Å². The normalized spacial score (nSPS) is 20.2. The minimum absolute atomic E-state index is 0.0739. The van der Waals surface area contributed by atoms with Crippen molar-refractivity contribution >= 4 is 5.91 Å². The molecule has 136 valence electrons. The fraction of sp³-hybridized carbons (Fsp3) is 0.750. The number of halogens is 3. The Morgan fingerprint density at radius 3 is 2.75 bits per heavy atom. The maximum Gasteiger partial charge on any atom is 0.408 e. The van der Waals surface area contributed by atoms with E-state index < -0.39 is 18.6 Å². The highest BCUT2D eigenvalue weighted by molar-refractivity contribution is 5.92. The largest absolute Gasteiger partial charge is 0.408 e. The number of piperidine rings is 1. The molecule has 1 unspecified atom stereocenters. The molecule has 0 saturated carbocycles. The Bertz CT molecular complexity index is 568. The fourth-order valence-corrected chi connectivity index (χ4v) is 3.06. The van der Waals surface area contributed by atoms with Crippen molar-refractivity contribution in [3.63, 3.8) is 0 Å². The van der Waals surface area contributed by atoms with E-state index in [1.165, 1.54) is 18.7 Å². The van der Waals surface area contributed by atoms with Crippen LogP contribution in [-0.2, 0) is 6.54 Å². The molecule has 5 nitrogen and oxygen atoms in total. The zero-order valence-corrected chi connectivity index (χ0v) is 14.4. The SMILES string of the molecule is CC1CCCN(C(C)(C)CNC(=O)c2ccnn2CC(F)(F)F)C1. The van der Waals surface area contributed by atoms with Gasteiger partial charge in [0.2, 0.25) is 0 Å². The van der Waals surface area contributed by atoms with E-state index in [2.05, 4.69) is 22.2 Å². The molecule has 0 radical (unpaired) electrons. The summed E-state index contributed by atoms with van der Waals surface area (Å²) >= 11 is 0. The lowest BCUT2D eigenvalue weighted by Gasteiger charge is -2.43. The van der Waals surface area contributed by atoms with E-state index in [1.807, 2.05) is 13.8 Å². The number of carbonyl (C=O) groups is 1. The Hall–Kier alpha value is -1.57. The second kappa shape index (κ2) is 7.13. The van der Waals surface area contributed by atoms with E-state index in [-0.39, 0.29) is 11.2 Å². The minimum Gasteiger partial charge on any atom is -0.349 e. The summed E-state index contributed by atoms with van der Waals surface area (Å²) in [5.41, 5.74) is -0.325. The number of rotatable bonds is 5. The van der Waals surface area contributed by atoms with Gasteiger partial charge in [0.25, 0.3) is 5.91 Å². The molecule has 1 fully saturated rings. The standard InChI is InChI=1S/C16H25F3N4O/c1-12-5-4-8-22(9-12)15(2,3)10-20-14(24)13-6-7-21-23(13)11-16(17,18)19/h6-7,12H,4-5,8-11H2,1-3H3,(H,20,24). The van der Waals surface area contributed by atoms with Gasteiger partial charge in [0, 0.05) is 24.8 Å². The molecule has 1 N–H and O–H groups in total. The lowest BCUT2D eigenvalue weighted by Crippen LogP contribution is -2.54. The molecule has 1 saturated heterocycles. The van der Waals surface area contributed by atoms with Crippen LogP contribution in [0.1, 0.15) is 44.1 Å². The van der Waals surface area contributed by atoms with Gasteiger partial charge in [-0.15, -0.1) is 0 Å². The van der Waals surface area contributed by atoms with E-state index in [0.717, 1.165) is 19.5 Å². The third kappa shape index (κ3) is 4.96. The van der Waals surface area contributed by atoms with Crippen LogP contribution in [0.15, 0.2) is 12.3 Å². The number of amides is 1. The minimum atomic E-state index is -4.41. The molecule has 0 aliphatic carbocycles. The number of hydrogen-bond donors (Lipinski definition) is 1. The lowest BCUT2D eigenvalue weighted by molar-refractivity contribution is -0.142. The van der Waals surface area contributed by atoms with Gasteiger partial charge < -0.3 is 5.32 Å². The van der Waals surface area contributed by atoms with Crippen LogP contribution < -0.4 is 5.32 Å². The van der Waals surface area contributed by atoms with Crippen molar-refractivity contribution in [2.75, 3.05) is 19.6 Å². The van der Waals surface area contributed by atoms with Gasteiger partial charge >= 0.3 is 6.18 Å². The van der Waals surface area contributed by atoms with Crippen molar-refractivity contribution in [3.8, 4) is 0 Å². The number of hydrogen-bond acceptors (Lipinski definition) is 3. The Labute approximate surface area is 140 Å². The maximum absolute atomic E-state index is 12.5. The molecule has 0 bridgehead atoms. The quantitative estimate of drug-likeness (QED) is 0.892. The van der Waals surface area contributed by atoms with Crippen LogP contribution >= 0.6 is 0 Å². The smallest absolute Gasteiger partial charge is 0.349 e. The summed E-state index contributed by atoms with van der Waals surface area (Å²) in [6.45, 7) is 7.33. The summed E-state index contributed by atoms with van der Waals surface area (Å²) in [6, 6.07) is 1.30. The first kappa shape index (κ1) is 18.8. The molecule has 1 aliphatic heterocycles. The summed E-state index contributed by atoms with van der Waals surface area (Å²) in [5.74, 6) is 0.0804. The lowest BCUT2D eigenvalue weighted by atomic mass is 9.93. The van der Waals surface area contributed by atoms with Gasteiger partial charge in [-0.3, -0.25) is 14.4 Å². The molecule has 2 heterocycles. The molecule has 0 spiro atoms. The summed E-state index contributed by atoms with van der Waals surface area (Å²) in [4.78, 5) is 14.6. The van der Waals surface area contributed by atoms with Crippen LogP contribution in [0.25, 0.3) is 0 Å². The number of nitrogens with one attached hydrogen (secondary N) is 1. The van der Waals surface area contributed by atoms with Gasteiger partial charge in [0.05, 0.1) is 0 Å². The van der Waals surface area contributed by atoms with E-state index in [4.69, 9.17) is 0 Å². The van der Waals surface area contributed by atoms with Crippen LogP contribution in [0.5, 0.6) is 0 Å². The van der Waals surface area contributed by atoms with Crippen molar-refractivity contribution < 1.29 is 18.0 Å². The van der Waals surface area contributed by atoms with Crippen LogP contribution in [0.3, 0.4) is 0 Å². The molecule has 1 aromatic rings. The van der Waals surface area contributed by atoms with Crippen LogP contribution in [0, 0.1) is 5.92 Å². The van der Waals surface area contributed by atoms with Crippen LogP contribution in [0.2, 0.25) is 0 Å². The highest BCUT2D eigenvalue weighted by atomic mass is 19.4. The average molecular weight is 346 g/mol. The molecule has 1 aliphatic rings. The summed E-state index contributed by atoms with van der Waals surface area (Å²) in [7, 11) is 0. The monoisotopic (exact) mass is 346 g/mol. The second-order valence-electron chi connectivity index (χ2n) is 7.18. The average Bonchev–Trinajstić information content (AvgIpc) is 2.91. The Balaban J connectivity index is 1.96. The van der Waals surface area contributed by atoms with Gasteiger partial charge in [-0.25, -0.2) is 0 Å². The Morgan fingerprint density at radius 1 is 1.42 bits per heavy atom. The number of aromatic nitrogens is 2. The van der Waals surface area contributed by atoms with Crippen molar-refractivity contribution in [2.24, 2.45) is 5.92 Å². The number of carbonyl (C=O) groups excluding carboxylic acids is 1. The van der Waals surface area contributed by atoms with Gasteiger partial charge in [-0.05, 0) is 45.2 Å². The third-order valence-corrected chi connectivity index (χ3v) is 4.47. The van der Waals surface area contributed by atoms with Crippen LogP contribution in [-0.4, -0.2) is 51.9 Å². The highest BCUT2D eigenvalue weighted by Gasteiger charge is 2.32. The molecule has 0 aromatic carbocycles. The summed E-state index contributed by atoms with van der Waals surface area (Å²) in [5, 5.41) is 6.35.